The van der Waals surface area contributed by atoms with E-state index in [4.69, 9.17) is 5.73 Å². The highest BCUT2D eigenvalue weighted by atomic mass is 19.4. The summed E-state index contributed by atoms with van der Waals surface area (Å²) in [6.07, 6.45) is -3.79. The van der Waals surface area contributed by atoms with Crippen molar-refractivity contribution in [3.8, 4) is 0 Å². The molecule has 0 atom stereocenters. The smallest absolute Gasteiger partial charge is 0.369 e. The Kier molecular flexibility index (Phi) is 2.36. The van der Waals surface area contributed by atoms with Crippen molar-refractivity contribution < 1.29 is 18.0 Å². The maximum atomic E-state index is 12.7. The average molecular weight is 234 g/mol. The molecule has 1 amide bonds. The van der Waals surface area contributed by atoms with Gasteiger partial charge in [0.15, 0.2) is 5.69 Å². The molecule has 1 aliphatic rings. The van der Waals surface area contributed by atoms with E-state index in [1.54, 1.807) is 0 Å². The molecule has 1 saturated carbocycles. The van der Waals surface area contributed by atoms with Gasteiger partial charge in [-0.3, -0.25) is 4.79 Å². The highest BCUT2D eigenvalue weighted by Crippen LogP contribution is 2.40. The van der Waals surface area contributed by atoms with Crippen molar-refractivity contribution in [3.63, 3.8) is 0 Å². The number of aromatic nitrogens is 3. The molecule has 1 fully saturated rings. The van der Waals surface area contributed by atoms with Crippen LogP contribution in [0.15, 0.2) is 0 Å². The molecule has 0 aliphatic heterocycles. The summed E-state index contributed by atoms with van der Waals surface area (Å²) in [7, 11) is 0. The quantitative estimate of drug-likeness (QED) is 0.834. The topological polar surface area (TPSA) is 73.8 Å². The van der Waals surface area contributed by atoms with E-state index >= 15 is 0 Å². The summed E-state index contributed by atoms with van der Waals surface area (Å²) in [4.78, 5) is 10.6. The van der Waals surface area contributed by atoms with Gasteiger partial charge in [0, 0.05) is 0 Å². The molecule has 0 radical (unpaired) electrons. The predicted molar refractivity (Wildman–Crippen MR) is 46.2 cm³/mol. The Bertz CT molecular complexity index is 421. The fourth-order valence-electron chi connectivity index (χ4n) is 1.48. The number of nitrogens with two attached hydrogens (primary N) is 1. The van der Waals surface area contributed by atoms with Crippen molar-refractivity contribution in [2.45, 2.75) is 31.5 Å². The van der Waals surface area contributed by atoms with Gasteiger partial charge in [-0.15, -0.1) is 5.10 Å². The van der Waals surface area contributed by atoms with Gasteiger partial charge in [-0.05, 0) is 12.8 Å². The number of halogens is 3. The highest BCUT2D eigenvalue weighted by molar-refractivity contribution is 5.76. The molecule has 1 heterocycles. The van der Waals surface area contributed by atoms with Gasteiger partial charge in [-0.1, -0.05) is 5.21 Å². The van der Waals surface area contributed by atoms with Gasteiger partial charge >= 0.3 is 6.18 Å². The molecular weight excluding hydrogens is 225 g/mol. The zero-order valence-corrected chi connectivity index (χ0v) is 8.16. The van der Waals surface area contributed by atoms with Crippen molar-refractivity contribution in [1.82, 2.24) is 15.0 Å². The normalized spacial score (nSPS) is 16.4. The van der Waals surface area contributed by atoms with Crippen LogP contribution in [0.1, 0.15) is 30.3 Å². The van der Waals surface area contributed by atoms with E-state index in [1.807, 2.05) is 0 Å². The van der Waals surface area contributed by atoms with Crippen LogP contribution >= 0.6 is 0 Å². The van der Waals surface area contributed by atoms with Gasteiger partial charge in [-0.2, -0.15) is 13.2 Å². The molecule has 8 heteroatoms. The van der Waals surface area contributed by atoms with Gasteiger partial charge in [0.05, 0.1) is 12.5 Å². The number of hydrogen-bond donors (Lipinski definition) is 1. The SMILES string of the molecule is NC(=O)Cc1nnn(C2CC2)c1C(F)(F)F. The first-order chi connectivity index (χ1) is 7.39. The number of nitrogens with zero attached hydrogens (tertiary/aromatic N) is 3. The standard InChI is InChI=1S/C8H9F3N4O/c9-8(10,11)7-5(3-6(12)16)13-14-15(7)4-1-2-4/h4H,1-3H2,(H2,12,16). The van der Waals surface area contributed by atoms with Crippen LogP contribution in [0.2, 0.25) is 0 Å². The van der Waals surface area contributed by atoms with Crippen LogP contribution in [0.4, 0.5) is 13.2 Å². The molecule has 1 aromatic rings. The van der Waals surface area contributed by atoms with E-state index in [9.17, 15) is 18.0 Å². The molecule has 16 heavy (non-hydrogen) atoms. The van der Waals surface area contributed by atoms with Crippen LogP contribution < -0.4 is 5.73 Å². The molecule has 1 aromatic heterocycles. The first-order valence-corrected chi connectivity index (χ1v) is 4.69. The Balaban J connectivity index is 2.41. The fraction of sp³-hybridized carbons (Fsp3) is 0.625. The summed E-state index contributed by atoms with van der Waals surface area (Å²) in [6.45, 7) is 0. The maximum Gasteiger partial charge on any atom is 0.434 e. The first-order valence-electron chi connectivity index (χ1n) is 4.69. The Morgan fingerprint density at radius 3 is 2.56 bits per heavy atom. The summed E-state index contributed by atoms with van der Waals surface area (Å²) in [5, 5.41) is 6.81. The summed E-state index contributed by atoms with van der Waals surface area (Å²) in [5.74, 6) is -0.853. The van der Waals surface area contributed by atoms with Crippen LogP contribution in [0.3, 0.4) is 0 Å². The van der Waals surface area contributed by atoms with Gasteiger partial charge in [0.1, 0.15) is 5.69 Å². The molecule has 5 nitrogen and oxygen atoms in total. The minimum atomic E-state index is -4.56. The molecular formula is C8H9F3N4O. The van der Waals surface area contributed by atoms with Gasteiger partial charge in [-0.25, -0.2) is 4.68 Å². The predicted octanol–water partition coefficient (Wildman–Crippen LogP) is 0.660. The van der Waals surface area contributed by atoms with E-state index in [0.717, 1.165) is 4.68 Å². The maximum absolute atomic E-state index is 12.7. The highest BCUT2D eigenvalue weighted by Gasteiger charge is 2.43. The number of hydrogen-bond acceptors (Lipinski definition) is 3. The van der Waals surface area contributed by atoms with Gasteiger partial charge in [0.2, 0.25) is 5.91 Å². The number of amides is 1. The van der Waals surface area contributed by atoms with Crippen LogP contribution in [-0.4, -0.2) is 20.9 Å². The molecule has 0 aromatic carbocycles. The van der Waals surface area contributed by atoms with Crippen molar-refractivity contribution in [3.05, 3.63) is 11.4 Å². The third kappa shape index (κ3) is 2.00. The van der Waals surface area contributed by atoms with Crippen molar-refractivity contribution in [2.24, 2.45) is 5.73 Å². The zero-order chi connectivity index (χ0) is 11.9. The fourth-order valence-corrected chi connectivity index (χ4v) is 1.48. The van der Waals surface area contributed by atoms with Crippen LogP contribution in [0, 0.1) is 0 Å². The lowest BCUT2D eigenvalue weighted by Gasteiger charge is -2.09. The Labute approximate surface area is 88.4 Å². The van der Waals surface area contributed by atoms with Crippen LogP contribution in [0.5, 0.6) is 0 Å². The monoisotopic (exact) mass is 234 g/mol. The Morgan fingerprint density at radius 2 is 2.12 bits per heavy atom. The van der Waals surface area contributed by atoms with Crippen LogP contribution in [0.25, 0.3) is 0 Å². The number of primary amides is 1. The zero-order valence-electron chi connectivity index (χ0n) is 8.16. The minimum absolute atomic E-state index is 0.245. The largest absolute Gasteiger partial charge is 0.434 e. The van der Waals surface area contributed by atoms with E-state index < -0.39 is 29.9 Å². The summed E-state index contributed by atoms with van der Waals surface area (Å²) in [5.41, 5.74) is 3.51. The lowest BCUT2D eigenvalue weighted by molar-refractivity contribution is -0.145. The molecule has 0 unspecified atom stereocenters. The van der Waals surface area contributed by atoms with E-state index in [-0.39, 0.29) is 6.04 Å². The number of alkyl halides is 3. The van der Waals surface area contributed by atoms with Crippen molar-refractivity contribution >= 4 is 5.91 Å². The van der Waals surface area contributed by atoms with E-state index in [0.29, 0.717) is 12.8 Å². The molecule has 0 saturated heterocycles. The van der Waals surface area contributed by atoms with E-state index in [2.05, 4.69) is 10.3 Å². The molecule has 0 bridgehead atoms. The lowest BCUT2D eigenvalue weighted by atomic mass is 10.2. The number of rotatable bonds is 3. The summed E-state index contributed by atoms with van der Waals surface area (Å²) < 4.78 is 39.0. The number of carbonyl (C=O) groups excluding carboxylic acids is 1. The summed E-state index contributed by atoms with van der Waals surface area (Å²) >= 11 is 0. The molecule has 88 valence electrons. The molecule has 0 spiro atoms. The molecule has 2 rings (SSSR count). The van der Waals surface area contributed by atoms with Crippen molar-refractivity contribution in [2.75, 3.05) is 0 Å². The Hall–Kier alpha value is -1.60. The third-order valence-electron chi connectivity index (χ3n) is 2.27. The lowest BCUT2D eigenvalue weighted by Crippen LogP contribution is -2.20. The first kappa shape index (κ1) is 10.9. The van der Waals surface area contributed by atoms with Gasteiger partial charge in [0.25, 0.3) is 0 Å². The second kappa shape index (κ2) is 3.46. The second-order valence-corrected chi connectivity index (χ2v) is 3.70. The number of carbonyl (C=O) groups is 1. The van der Waals surface area contributed by atoms with E-state index in [1.165, 1.54) is 0 Å². The van der Waals surface area contributed by atoms with Crippen molar-refractivity contribution in [1.29, 1.82) is 0 Å². The second-order valence-electron chi connectivity index (χ2n) is 3.70. The minimum Gasteiger partial charge on any atom is -0.369 e. The third-order valence-corrected chi connectivity index (χ3v) is 2.27. The van der Waals surface area contributed by atoms with Gasteiger partial charge < -0.3 is 5.73 Å². The summed E-state index contributed by atoms with van der Waals surface area (Å²) in [6, 6.07) is -0.245. The average Bonchev–Trinajstić information content (AvgIpc) is 2.86. The molecule has 1 aliphatic carbocycles. The molecule has 2 N–H and O–H groups in total. The van der Waals surface area contributed by atoms with Crippen LogP contribution in [-0.2, 0) is 17.4 Å². The Morgan fingerprint density at radius 1 is 1.50 bits per heavy atom.